The van der Waals surface area contributed by atoms with Gasteiger partial charge in [0, 0.05) is 38.6 Å². The molecule has 2 heterocycles. The van der Waals surface area contributed by atoms with Crippen LogP contribution in [0.1, 0.15) is 26.6 Å². The lowest BCUT2D eigenvalue weighted by Gasteiger charge is -2.35. The molecule has 1 aliphatic heterocycles. The number of imidazole rings is 1. The lowest BCUT2D eigenvalue weighted by atomic mass is 9.92. The van der Waals surface area contributed by atoms with Crippen LogP contribution in [0.3, 0.4) is 0 Å². The minimum Gasteiger partial charge on any atom is -0.333 e. The maximum atomic E-state index is 4.40. The van der Waals surface area contributed by atoms with Gasteiger partial charge in [-0.05, 0) is 12.0 Å². The fraction of sp³-hybridized carbons (Fsp3) is 0.769. The first kappa shape index (κ1) is 12.6. The highest BCUT2D eigenvalue weighted by Gasteiger charge is 2.24. The molecule has 0 unspecified atom stereocenters. The fourth-order valence-electron chi connectivity index (χ4n) is 2.48. The quantitative estimate of drug-likeness (QED) is 0.837. The Bertz CT molecular complexity index is 356. The second kappa shape index (κ2) is 5.19. The third-order valence-electron chi connectivity index (χ3n) is 3.33. The molecule has 96 valence electrons. The number of hydrogen-bond acceptors (Lipinski definition) is 3. The van der Waals surface area contributed by atoms with Crippen LogP contribution >= 0.6 is 0 Å². The van der Waals surface area contributed by atoms with Gasteiger partial charge in [0.1, 0.15) is 5.82 Å². The van der Waals surface area contributed by atoms with E-state index in [9.17, 15) is 0 Å². The maximum Gasteiger partial charge on any atom is 0.122 e. The molecule has 2 rings (SSSR count). The van der Waals surface area contributed by atoms with Crippen LogP contribution in [0.15, 0.2) is 12.4 Å². The number of hydrogen-bond donors (Lipinski definition) is 1. The third-order valence-corrected chi connectivity index (χ3v) is 3.33. The average molecular weight is 236 g/mol. The zero-order valence-electron chi connectivity index (χ0n) is 11.2. The van der Waals surface area contributed by atoms with E-state index >= 15 is 0 Å². The molecule has 0 radical (unpaired) electrons. The second-order valence-corrected chi connectivity index (χ2v) is 5.69. The van der Waals surface area contributed by atoms with E-state index in [4.69, 9.17) is 0 Å². The molecule has 1 aromatic heterocycles. The molecule has 4 nitrogen and oxygen atoms in total. The summed E-state index contributed by atoms with van der Waals surface area (Å²) < 4.78 is 2.26. The summed E-state index contributed by atoms with van der Waals surface area (Å²) in [6, 6.07) is 0. The van der Waals surface area contributed by atoms with Crippen molar-refractivity contribution in [1.82, 2.24) is 19.8 Å². The third kappa shape index (κ3) is 3.30. The smallest absolute Gasteiger partial charge is 0.122 e. The van der Waals surface area contributed by atoms with Crippen LogP contribution in [0.5, 0.6) is 0 Å². The summed E-state index contributed by atoms with van der Waals surface area (Å²) in [5, 5.41) is 3.44. The first-order valence-electron chi connectivity index (χ1n) is 6.54. The Balaban J connectivity index is 1.89. The van der Waals surface area contributed by atoms with E-state index in [1.54, 1.807) is 0 Å². The molecule has 0 atom stereocenters. The summed E-state index contributed by atoms with van der Waals surface area (Å²) in [7, 11) is 0. The largest absolute Gasteiger partial charge is 0.333 e. The van der Waals surface area contributed by atoms with Gasteiger partial charge < -0.3 is 9.88 Å². The van der Waals surface area contributed by atoms with Crippen molar-refractivity contribution in [3.8, 4) is 0 Å². The first-order chi connectivity index (χ1) is 8.11. The van der Waals surface area contributed by atoms with Crippen LogP contribution in [0.4, 0.5) is 0 Å². The summed E-state index contributed by atoms with van der Waals surface area (Å²) in [5.74, 6) is 1.20. The predicted molar refractivity (Wildman–Crippen MR) is 69.8 cm³/mol. The lowest BCUT2D eigenvalue weighted by Crippen LogP contribution is -2.43. The van der Waals surface area contributed by atoms with Gasteiger partial charge in [0.05, 0.1) is 6.54 Å². The van der Waals surface area contributed by atoms with Gasteiger partial charge >= 0.3 is 0 Å². The van der Waals surface area contributed by atoms with Gasteiger partial charge in [-0.3, -0.25) is 4.90 Å². The molecule has 0 bridgehead atoms. The Morgan fingerprint density at radius 1 is 1.41 bits per heavy atom. The Labute approximate surface area is 104 Å². The van der Waals surface area contributed by atoms with Crippen LogP contribution in [-0.4, -0.2) is 40.6 Å². The van der Waals surface area contributed by atoms with Crippen LogP contribution in [0, 0.1) is 5.41 Å². The van der Waals surface area contributed by atoms with Gasteiger partial charge in [-0.1, -0.05) is 20.8 Å². The standard InChI is InChI=1S/C13H24N4/c1-4-14-10-13(2,3)11-16-7-8-17-6-5-15-12(17)9-16/h5-6,14H,4,7-11H2,1-3H3. The molecule has 4 heteroatoms. The van der Waals surface area contributed by atoms with Crippen molar-refractivity contribution in [2.75, 3.05) is 26.2 Å². The molecule has 0 aromatic carbocycles. The monoisotopic (exact) mass is 236 g/mol. The Morgan fingerprint density at radius 3 is 3.00 bits per heavy atom. The summed E-state index contributed by atoms with van der Waals surface area (Å²) in [4.78, 5) is 6.92. The van der Waals surface area contributed by atoms with E-state index in [0.29, 0.717) is 5.41 Å². The number of nitrogens with one attached hydrogen (secondary N) is 1. The van der Waals surface area contributed by atoms with Crippen LogP contribution < -0.4 is 5.32 Å². The highest BCUT2D eigenvalue weighted by molar-refractivity contribution is 4.96. The molecule has 0 spiro atoms. The normalized spacial score (nSPS) is 17.1. The zero-order chi connectivity index (χ0) is 12.3. The minimum absolute atomic E-state index is 0.324. The second-order valence-electron chi connectivity index (χ2n) is 5.69. The Morgan fingerprint density at radius 2 is 2.24 bits per heavy atom. The summed E-state index contributed by atoms with van der Waals surface area (Å²) in [6.07, 6.45) is 3.99. The molecular formula is C13H24N4. The van der Waals surface area contributed by atoms with Crippen molar-refractivity contribution in [3.63, 3.8) is 0 Å². The predicted octanol–water partition coefficient (Wildman–Crippen LogP) is 1.33. The van der Waals surface area contributed by atoms with Gasteiger partial charge in [-0.15, -0.1) is 0 Å². The summed E-state index contributed by atoms with van der Waals surface area (Å²) >= 11 is 0. The summed E-state index contributed by atoms with van der Waals surface area (Å²) in [5.41, 5.74) is 0.324. The maximum absolute atomic E-state index is 4.40. The lowest BCUT2D eigenvalue weighted by molar-refractivity contribution is 0.142. The molecule has 0 saturated heterocycles. The topological polar surface area (TPSA) is 33.1 Å². The van der Waals surface area contributed by atoms with Gasteiger partial charge in [0.25, 0.3) is 0 Å². The molecule has 0 aliphatic carbocycles. The zero-order valence-corrected chi connectivity index (χ0v) is 11.2. The number of fused-ring (bicyclic) bond motifs is 1. The van der Waals surface area contributed by atoms with E-state index in [1.807, 2.05) is 6.20 Å². The first-order valence-corrected chi connectivity index (χ1v) is 6.54. The van der Waals surface area contributed by atoms with Crippen molar-refractivity contribution in [1.29, 1.82) is 0 Å². The molecular weight excluding hydrogens is 212 g/mol. The fourth-order valence-corrected chi connectivity index (χ4v) is 2.48. The average Bonchev–Trinajstić information content (AvgIpc) is 2.73. The van der Waals surface area contributed by atoms with E-state index in [2.05, 4.69) is 46.7 Å². The Hall–Kier alpha value is -0.870. The molecule has 1 aromatic rings. The van der Waals surface area contributed by atoms with Crippen molar-refractivity contribution < 1.29 is 0 Å². The van der Waals surface area contributed by atoms with Crippen LogP contribution in [0.25, 0.3) is 0 Å². The number of rotatable bonds is 5. The van der Waals surface area contributed by atoms with E-state index in [0.717, 1.165) is 39.3 Å². The van der Waals surface area contributed by atoms with Crippen molar-refractivity contribution in [3.05, 3.63) is 18.2 Å². The molecule has 0 amide bonds. The van der Waals surface area contributed by atoms with Crippen LogP contribution in [-0.2, 0) is 13.1 Å². The van der Waals surface area contributed by atoms with E-state index in [-0.39, 0.29) is 0 Å². The SMILES string of the molecule is CCNCC(C)(C)CN1CCn2ccnc2C1. The molecule has 17 heavy (non-hydrogen) atoms. The van der Waals surface area contributed by atoms with Gasteiger partial charge in [0.2, 0.25) is 0 Å². The number of aromatic nitrogens is 2. The van der Waals surface area contributed by atoms with Gasteiger partial charge in [-0.2, -0.15) is 0 Å². The molecule has 0 fully saturated rings. The van der Waals surface area contributed by atoms with E-state index in [1.165, 1.54) is 5.82 Å². The highest BCUT2D eigenvalue weighted by Crippen LogP contribution is 2.19. The number of nitrogens with zero attached hydrogens (tertiary/aromatic N) is 3. The van der Waals surface area contributed by atoms with Crippen molar-refractivity contribution in [2.45, 2.75) is 33.9 Å². The van der Waals surface area contributed by atoms with Gasteiger partial charge in [-0.25, -0.2) is 4.98 Å². The van der Waals surface area contributed by atoms with Gasteiger partial charge in [0.15, 0.2) is 0 Å². The van der Waals surface area contributed by atoms with E-state index < -0.39 is 0 Å². The molecule has 1 aliphatic rings. The Kier molecular flexibility index (Phi) is 3.84. The van der Waals surface area contributed by atoms with Crippen molar-refractivity contribution in [2.24, 2.45) is 5.41 Å². The van der Waals surface area contributed by atoms with Crippen molar-refractivity contribution >= 4 is 0 Å². The minimum atomic E-state index is 0.324. The molecule has 1 N–H and O–H groups in total. The highest BCUT2D eigenvalue weighted by atomic mass is 15.2. The van der Waals surface area contributed by atoms with Crippen LogP contribution in [0.2, 0.25) is 0 Å². The molecule has 0 saturated carbocycles. The summed E-state index contributed by atoms with van der Waals surface area (Å²) in [6.45, 7) is 13.3.